The Morgan fingerprint density at radius 2 is 1.70 bits per heavy atom. The lowest BCUT2D eigenvalue weighted by molar-refractivity contribution is -0.141. The van der Waals surface area contributed by atoms with Gasteiger partial charge in [-0.05, 0) is 46.0 Å². The van der Waals surface area contributed by atoms with Crippen LogP contribution in [0.2, 0.25) is 0 Å². The molecule has 1 amide bonds. The highest BCUT2D eigenvalue weighted by atomic mass is 16.4. The number of carboxylic acid groups (broad SMARTS) is 1. The van der Waals surface area contributed by atoms with Crippen molar-refractivity contribution in [3.63, 3.8) is 0 Å². The van der Waals surface area contributed by atoms with Gasteiger partial charge in [0.1, 0.15) is 0 Å². The lowest BCUT2D eigenvalue weighted by atomic mass is 10.0. The maximum Gasteiger partial charge on any atom is 0.306 e. The molecule has 2 atom stereocenters. The summed E-state index contributed by atoms with van der Waals surface area (Å²) in [5.74, 6) is -1.12. The Labute approximate surface area is 120 Å². The first-order valence-electron chi connectivity index (χ1n) is 7.74. The summed E-state index contributed by atoms with van der Waals surface area (Å²) in [6, 6.07) is 0.833. The van der Waals surface area contributed by atoms with Crippen LogP contribution in [0.4, 0.5) is 0 Å². The van der Waals surface area contributed by atoms with Crippen LogP contribution in [0.25, 0.3) is 0 Å². The molecule has 1 saturated heterocycles. The highest BCUT2D eigenvalue weighted by Gasteiger charge is 2.34. The summed E-state index contributed by atoms with van der Waals surface area (Å²) in [4.78, 5) is 25.5. The topological polar surface area (TPSA) is 69.6 Å². The third-order valence-corrected chi connectivity index (χ3v) is 4.76. The lowest BCUT2D eigenvalue weighted by Crippen LogP contribution is -2.47. The number of piperidine rings is 1. The SMILES string of the molecule is CC(C)N1CCC(NC(=O)C2CCC(C(=O)O)C2)CC1. The van der Waals surface area contributed by atoms with E-state index in [2.05, 4.69) is 24.1 Å². The van der Waals surface area contributed by atoms with Gasteiger partial charge in [0.25, 0.3) is 0 Å². The summed E-state index contributed by atoms with van der Waals surface area (Å²) in [5, 5.41) is 12.1. The van der Waals surface area contributed by atoms with Crippen LogP contribution in [0.3, 0.4) is 0 Å². The second kappa shape index (κ2) is 6.57. The number of hydrogen-bond acceptors (Lipinski definition) is 3. The van der Waals surface area contributed by atoms with Gasteiger partial charge >= 0.3 is 5.97 Å². The number of carbonyl (C=O) groups is 2. The molecule has 114 valence electrons. The normalized spacial score (nSPS) is 28.8. The molecule has 2 aliphatic rings. The standard InChI is InChI=1S/C15H26N2O3/c1-10(2)17-7-5-13(6-8-17)16-14(18)11-3-4-12(9-11)15(19)20/h10-13H,3-9H2,1-2H3,(H,16,18)(H,19,20). The molecule has 0 aromatic rings. The van der Waals surface area contributed by atoms with Crippen LogP contribution in [0.5, 0.6) is 0 Å². The van der Waals surface area contributed by atoms with Crippen LogP contribution in [0.1, 0.15) is 46.0 Å². The number of likely N-dealkylation sites (tertiary alicyclic amines) is 1. The molecular formula is C15H26N2O3. The fraction of sp³-hybridized carbons (Fsp3) is 0.867. The maximum atomic E-state index is 12.2. The van der Waals surface area contributed by atoms with Gasteiger partial charge in [0.15, 0.2) is 0 Å². The van der Waals surface area contributed by atoms with Crippen molar-refractivity contribution in [2.75, 3.05) is 13.1 Å². The number of hydrogen-bond donors (Lipinski definition) is 2. The zero-order valence-corrected chi connectivity index (χ0v) is 12.5. The number of aliphatic carboxylic acids is 1. The van der Waals surface area contributed by atoms with E-state index in [1.165, 1.54) is 0 Å². The van der Waals surface area contributed by atoms with Crippen LogP contribution in [0, 0.1) is 11.8 Å². The van der Waals surface area contributed by atoms with Crippen molar-refractivity contribution in [2.45, 2.75) is 58.0 Å². The van der Waals surface area contributed by atoms with Crippen LogP contribution < -0.4 is 5.32 Å². The minimum absolute atomic E-state index is 0.0664. The van der Waals surface area contributed by atoms with E-state index in [-0.39, 0.29) is 23.8 Å². The van der Waals surface area contributed by atoms with E-state index in [0.717, 1.165) is 25.9 Å². The first-order chi connectivity index (χ1) is 9.47. The van der Waals surface area contributed by atoms with E-state index in [1.807, 2.05) is 0 Å². The summed E-state index contributed by atoms with van der Waals surface area (Å²) in [5.41, 5.74) is 0. The molecule has 20 heavy (non-hydrogen) atoms. The Bertz CT molecular complexity index is 362. The molecule has 2 rings (SSSR count). The predicted molar refractivity (Wildman–Crippen MR) is 76.3 cm³/mol. The minimum atomic E-state index is -0.759. The lowest BCUT2D eigenvalue weighted by Gasteiger charge is -2.35. The van der Waals surface area contributed by atoms with Gasteiger partial charge in [-0.15, -0.1) is 0 Å². The molecule has 5 heteroatoms. The molecule has 2 fully saturated rings. The van der Waals surface area contributed by atoms with Gasteiger partial charge in [-0.1, -0.05) is 0 Å². The molecule has 1 heterocycles. The highest BCUT2D eigenvalue weighted by molar-refractivity contribution is 5.81. The van der Waals surface area contributed by atoms with Gasteiger partial charge < -0.3 is 15.3 Å². The monoisotopic (exact) mass is 282 g/mol. The van der Waals surface area contributed by atoms with E-state index in [0.29, 0.717) is 25.3 Å². The number of carboxylic acids is 1. The Kier molecular flexibility index (Phi) is 5.02. The van der Waals surface area contributed by atoms with Crippen molar-refractivity contribution in [1.82, 2.24) is 10.2 Å². The summed E-state index contributed by atoms with van der Waals surface area (Å²) in [6.45, 7) is 6.46. The average molecular weight is 282 g/mol. The van der Waals surface area contributed by atoms with Crippen molar-refractivity contribution in [3.05, 3.63) is 0 Å². The van der Waals surface area contributed by atoms with E-state index in [9.17, 15) is 9.59 Å². The van der Waals surface area contributed by atoms with Crippen LogP contribution in [0.15, 0.2) is 0 Å². The first kappa shape index (κ1) is 15.3. The quantitative estimate of drug-likeness (QED) is 0.819. The van der Waals surface area contributed by atoms with Crippen molar-refractivity contribution in [3.8, 4) is 0 Å². The predicted octanol–water partition coefficient (Wildman–Crippen LogP) is 1.48. The fourth-order valence-corrected chi connectivity index (χ4v) is 3.32. The molecule has 2 unspecified atom stereocenters. The molecule has 2 N–H and O–H groups in total. The summed E-state index contributed by atoms with van der Waals surface area (Å²) >= 11 is 0. The van der Waals surface area contributed by atoms with Crippen molar-refractivity contribution < 1.29 is 14.7 Å². The number of carbonyl (C=O) groups excluding carboxylic acids is 1. The van der Waals surface area contributed by atoms with Crippen LogP contribution in [-0.2, 0) is 9.59 Å². The highest BCUT2D eigenvalue weighted by Crippen LogP contribution is 2.31. The molecule has 1 aliphatic heterocycles. The van der Waals surface area contributed by atoms with Gasteiger partial charge in [0.2, 0.25) is 5.91 Å². The zero-order chi connectivity index (χ0) is 14.7. The first-order valence-corrected chi connectivity index (χ1v) is 7.74. The van der Waals surface area contributed by atoms with Crippen molar-refractivity contribution in [2.24, 2.45) is 11.8 Å². The number of nitrogens with one attached hydrogen (secondary N) is 1. The second-order valence-corrected chi connectivity index (χ2v) is 6.46. The van der Waals surface area contributed by atoms with Crippen LogP contribution in [-0.4, -0.2) is 47.1 Å². The third-order valence-electron chi connectivity index (χ3n) is 4.76. The summed E-state index contributed by atoms with van der Waals surface area (Å²) in [6.07, 6.45) is 3.86. The van der Waals surface area contributed by atoms with Crippen molar-refractivity contribution >= 4 is 11.9 Å². The molecule has 1 saturated carbocycles. The van der Waals surface area contributed by atoms with E-state index in [4.69, 9.17) is 5.11 Å². The zero-order valence-electron chi connectivity index (χ0n) is 12.5. The summed E-state index contributed by atoms with van der Waals surface area (Å²) < 4.78 is 0. The molecule has 0 radical (unpaired) electrons. The van der Waals surface area contributed by atoms with Gasteiger partial charge in [0, 0.05) is 31.1 Å². The largest absolute Gasteiger partial charge is 0.481 e. The number of amides is 1. The van der Waals surface area contributed by atoms with E-state index in [1.54, 1.807) is 0 Å². The fourth-order valence-electron chi connectivity index (χ4n) is 3.32. The molecule has 0 spiro atoms. The molecule has 0 bridgehead atoms. The second-order valence-electron chi connectivity index (χ2n) is 6.46. The Hall–Kier alpha value is -1.10. The van der Waals surface area contributed by atoms with Crippen LogP contribution >= 0.6 is 0 Å². The number of rotatable bonds is 4. The minimum Gasteiger partial charge on any atom is -0.481 e. The molecule has 0 aromatic carbocycles. The number of nitrogens with zero attached hydrogens (tertiary/aromatic N) is 1. The molecule has 1 aliphatic carbocycles. The smallest absolute Gasteiger partial charge is 0.306 e. The Morgan fingerprint density at radius 3 is 2.20 bits per heavy atom. The van der Waals surface area contributed by atoms with Gasteiger partial charge in [-0.25, -0.2) is 0 Å². The third kappa shape index (κ3) is 3.72. The van der Waals surface area contributed by atoms with Gasteiger partial charge in [-0.3, -0.25) is 9.59 Å². The Balaban J connectivity index is 1.75. The molecule has 5 nitrogen and oxygen atoms in total. The molecule has 0 aromatic heterocycles. The average Bonchev–Trinajstić information content (AvgIpc) is 2.89. The van der Waals surface area contributed by atoms with Gasteiger partial charge in [-0.2, -0.15) is 0 Å². The van der Waals surface area contributed by atoms with E-state index >= 15 is 0 Å². The van der Waals surface area contributed by atoms with E-state index < -0.39 is 5.97 Å². The molecular weight excluding hydrogens is 256 g/mol. The van der Waals surface area contributed by atoms with Crippen molar-refractivity contribution in [1.29, 1.82) is 0 Å². The Morgan fingerprint density at radius 1 is 1.10 bits per heavy atom. The summed E-state index contributed by atoms with van der Waals surface area (Å²) in [7, 11) is 0. The maximum absolute atomic E-state index is 12.2. The van der Waals surface area contributed by atoms with Gasteiger partial charge in [0.05, 0.1) is 5.92 Å².